The fraction of sp³-hybridized carbons (Fsp3) is 0.600. The minimum Gasteiger partial charge on any atom is -0.396 e. The van der Waals surface area contributed by atoms with Crippen LogP contribution in [0.3, 0.4) is 0 Å². The molecule has 1 aromatic heterocycles. The van der Waals surface area contributed by atoms with E-state index >= 15 is 0 Å². The quantitative estimate of drug-likeness (QED) is 0.728. The molecule has 0 bridgehead atoms. The van der Waals surface area contributed by atoms with Gasteiger partial charge in [-0.1, -0.05) is 0 Å². The van der Waals surface area contributed by atoms with Crippen LogP contribution in [-0.2, 0) is 6.54 Å². The average Bonchev–Trinajstić information content (AvgIpc) is 2.25. The fourth-order valence-electron chi connectivity index (χ4n) is 1.65. The van der Waals surface area contributed by atoms with E-state index in [2.05, 4.69) is 26.8 Å². The highest BCUT2D eigenvalue weighted by Crippen LogP contribution is 2.04. The number of rotatable bonds is 2. The van der Waals surface area contributed by atoms with Crippen molar-refractivity contribution in [1.29, 1.82) is 0 Å². The van der Waals surface area contributed by atoms with Gasteiger partial charge in [-0.3, -0.25) is 4.90 Å². The van der Waals surface area contributed by atoms with Crippen LogP contribution in [-0.4, -0.2) is 53.0 Å². The standard InChI is InChI=1S/C10H17N5/c1-14-2-4-15(5-3-14)8-10-12-6-9(11)7-13-10/h6-7H,2-5,8,11H2,1H3. The molecule has 5 heteroatoms. The number of hydrogen-bond donors (Lipinski definition) is 1. The van der Waals surface area contributed by atoms with Crippen molar-refractivity contribution in [3.05, 3.63) is 18.2 Å². The Morgan fingerprint density at radius 1 is 1.20 bits per heavy atom. The molecule has 0 unspecified atom stereocenters. The van der Waals surface area contributed by atoms with Gasteiger partial charge in [0.1, 0.15) is 5.82 Å². The van der Waals surface area contributed by atoms with Crippen molar-refractivity contribution in [1.82, 2.24) is 19.8 Å². The molecule has 0 amide bonds. The molecule has 2 N–H and O–H groups in total. The predicted molar refractivity (Wildman–Crippen MR) is 59.2 cm³/mol. The summed E-state index contributed by atoms with van der Waals surface area (Å²) in [6.07, 6.45) is 3.33. The van der Waals surface area contributed by atoms with Crippen LogP contribution in [0.15, 0.2) is 12.4 Å². The van der Waals surface area contributed by atoms with E-state index in [-0.39, 0.29) is 0 Å². The number of nitrogens with two attached hydrogens (primary N) is 1. The maximum atomic E-state index is 5.53. The van der Waals surface area contributed by atoms with Gasteiger partial charge in [-0.05, 0) is 7.05 Å². The molecule has 0 radical (unpaired) electrons. The van der Waals surface area contributed by atoms with E-state index in [9.17, 15) is 0 Å². The van der Waals surface area contributed by atoms with Gasteiger partial charge in [0, 0.05) is 26.2 Å². The van der Waals surface area contributed by atoms with Crippen molar-refractivity contribution < 1.29 is 0 Å². The summed E-state index contributed by atoms with van der Waals surface area (Å²) >= 11 is 0. The fourth-order valence-corrected chi connectivity index (χ4v) is 1.65. The van der Waals surface area contributed by atoms with E-state index in [1.54, 1.807) is 12.4 Å². The molecule has 5 nitrogen and oxygen atoms in total. The van der Waals surface area contributed by atoms with Gasteiger partial charge in [-0.25, -0.2) is 9.97 Å². The van der Waals surface area contributed by atoms with Crippen LogP contribution in [0.25, 0.3) is 0 Å². The lowest BCUT2D eigenvalue weighted by atomic mass is 10.3. The number of piperazine rings is 1. The molecule has 1 fully saturated rings. The Hall–Kier alpha value is -1.20. The highest BCUT2D eigenvalue weighted by atomic mass is 15.3. The Bertz CT molecular complexity index is 302. The van der Waals surface area contributed by atoms with E-state index in [1.807, 2.05) is 0 Å². The number of nitrogen functional groups attached to an aromatic ring is 1. The molecule has 1 aromatic rings. The third-order valence-corrected chi connectivity index (χ3v) is 2.69. The number of hydrogen-bond acceptors (Lipinski definition) is 5. The first kappa shape index (κ1) is 10.3. The summed E-state index contributed by atoms with van der Waals surface area (Å²) in [5.74, 6) is 0.855. The van der Waals surface area contributed by atoms with Gasteiger partial charge in [0.25, 0.3) is 0 Å². The normalized spacial score (nSPS) is 19.3. The van der Waals surface area contributed by atoms with Gasteiger partial charge in [-0.2, -0.15) is 0 Å². The van der Waals surface area contributed by atoms with E-state index in [4.69, 9.17) is 5.73 Å². The second kappa shape index (κ2) is 4.55. The van der Waals surface area contributed by atoms with Crippen LogP contribution < -0.4 is 5.73 Å². The van der Waals surface area contributed by atoms with Gasteiger partial charge < -0.3 is 10.6 Å². The third kappa shape index (κ3) is 2.87. The van der Waals surface area contributed by atoms with E-state index in [0.29, 0.717) is 5.69 Å². The first-order valence-corrected chi connectivity index (χ1v) is 5.21. The number of aromatic nitrogens is 2. The van der Waals surface area contributed by atoms with Crippen LogP contribution >= 0.6 is 0 Å². The highest BCUT2D eigenvalue weighted by molar-refractivity contribution is 5.30. The van der Waals surface area contributed by atoms with Crippen LogP contribution in [0.5, 0.6) is 0 Å². The minimum atomic E-state index is 0.622. The van der Waals surface area contributed by atoms with Crippen LogP contribution in [0, 0.1) is 0 Å². The first-order chi connectivity index (χ1) is 7.24. The summed E-state index contributed by atoms with van der Waals surface area (Å²) < 4.78 is 0. The lowest BCUT2D eigenvalue weighted by Gasteiger charge is -2.31. The third-order valence-electron chi connectivity index (χ3n) is 2.69. The maximum Gasteiger partial charge on any atom is 0.142 e. The summed E-state index contributed by atoms with van der Waals surface area (Å²) in [6.45, 7) is 5.24. The molecular weight excluding hydrogens is 190 g/mol. The van der Waals surface area contributed by atoms with Gasteiger partial charge in [0.15, 0.2) is 0 Å². The smallest absolute Gasteiger partial charge is 0.142 e. The highest BCUT2D eigenvalue weighted by Gasteiger charge is 2.14. The van der Waals surface area contributed by atoms with Gasteiger partial charge >= 0.3 is 0 Å². The number of likely N-dealkylation sites (N-methyl/N-ethyl adjacent to an activating group) is 1. The van der Waals surface area contributed by atoms with Crippen LogP contribution in [0.2, 0.25) is 0 Å². The number of anilines is 1. The Kier molecular flexibility index (Phi) is 3.13. The molecule has 1 saturated heterocycles. The number of nitrogens with zero attached hydrogens (tertiary/aromatic N) is 4. The Labute approximate surface area is 89.9 Å². The summed E-state index contributed by atoms with van der Waals surface area (Å²) in [5.41, 5.74) is 6.16. The lowest BCUT2D eigenvalue weighted by molar-refractivity contribution is 0.145. The van der Waals surface area contributed by atoms with Crippen molar-refractivity contribution in [2.45, 2.75) is 6.54 Å². The molecule has 15 heavy (non-hydrogen) atoms. The molecule has 0 aliphatic carbocycles. The minimum absolute atomic E-state index is 0.622. The van der Waals surface area contributed by atoms with Gasteiger partial charge in [-0.15, -0.1) is 0 Å². The average molecular weight is 207 g/mol. The molecule has 82 valence electrons. The molecule has 1 aliphatic rings. The topological polar surface area (TPSA) is 58.3 Å². The van der Waals surface area contributed by atoms with E-state index in [1.165, 1.54) is 0 Å². The monoisotopic (exact) mass is 207 g/mol. The zero-order chi connectivity index (χ0) is 10.7. The van der Waals surface area contributed by atoms with Crippen molar-refractivity contribution >= 4 is 5.69 Å². The Balaban J connectivity index is 1.89. The van der Waals surface area contributed by atoms with Crippen LogP contribution in [0.4, 0.5) is 5.69 Å². The zero-order valence-electron chi connectivity index (χ0n) is 9.06. The second-order valence-electron chi connectivity index (χ2n) is 4.01. The van der Waals surface area contributed by atoms with Crippen LogP contribution in [0.1, 0.15) is 5.82 Å². The second-order valence-corrected chi connectivity index (χ2v) is 4.01. The van der Waals surface area contributed by atoms with Crippen molar-refractivity contribution in [3.63, 3.8) is 0 Å². The molecule has 2 rings (SSSR count). The molecule has 0 spiro atoms. The summed E-state index contributed by atoms with van der Waals surface area (Å²) in [7, 11) is 2.15. The molecule has 0 saturated carbocycles. The SMILES string of the molecule is CN1CCN(Cc2ncc(N)cn2)CC1. The molecule has 0 atom stereocenters. The van der Waals surface area contributed by atoms with Crippen molar-refractivity contribution in [2.24, 2.45) is 0 Å². The largest absolute Gasteiger partial charge is 0.396 e. The molecule has 2 heterocycles. The van der Waals surface area contributed by atoms with E-state index < -0.39 is 0 Å². The van der Waals surface area contributed by atoms with Gasteiger partial charge in [0.05, 0.1) is 24.6 Å². The predicted octanol–water partition coefficient (Wildman–Crippen LogP) is -0.194. The Morgan fingerprint density at radius 3 is 2.40 bits per heavy atom. The summed E-state index contributed by atoms with van der Waals surface area (Å²) in [6, 6.07) is 0. The molecule has 1 aliphatic heterocycles. The summed E-state index contributed by atoms with van der Waals surface area (Å²) in [5, 5.41) is 0. The van der Waals surface area contributed by atoms with E-state index in [0.717, 1.165) is 38.5 Å². The first-order valence-electron chi connectivity index (χ1n) is 5.21. The van der Waals surface area contributed by atoms with Crippen molar-refractivity contribution in [2.75, 3.05) is 39.0 Å². The Morgan fingerprint density at radius 2 is 1.80 bits per heavy atom. The summed E-state index contributed by atoms with van der Waals surface area (Å²) in [4.78, 5) is 13.1. The van der Waals surface area contributed by atoms with Gasteiger partial charge in [0.2, 0.25) is 0 Å². The molecular formula is C10H17N5. The molecule has 0 aromatic carbocycles. The van der Waals surface area contributed by atoms with Crippen molar-refractivity contribution in [3.8, 4) is 0 Å². The maximum absolute atomic E-state index is 5.53. The lowest BCUT2D eigenvalue weighted by Crippen LogP contribution is -2.44. The zero-order valence-corrected chi connectivity index (χ0v) is 9.06.